The van der Waals surface area contributed by atoms with Crippen LogP contribution in [-0.2, 0) is 9.59 Å². The number of nitrogens with one attached hydrogen (secondary N) is 1. The number of rotatable bonds is 4. The lowest BCUT2D eigenvalue weighted by molar-refractivity contribution is -0.140. The van der Waals surface area contributed by atoms with Crippen LogP contribution < -0.4 is 5.32 Å². The Morgan fingerprint density at radius 3 is 2.62 bits per heavy atom. The number of benzene rings is 1. The summed E-state index contributed by atoms with van der Waals surface area (Å²) < 4.78 is 0. The molecule has 2 atom stereocenters. The van der Waals surface area contributed by atoms with Crippen molar-refractivity contribution in [2.75, 3.05) is 0 Å². The summed E-state index contributed by atoms with van der Waals surface area (Å²) in [5, 5.41) is 11.2. The number of aliphatic carboxylic acids is 1. The maximum Gasteiger partial charge on any atom is 0.312 e. The molecule has 0 aromatic heterocycles. The Morgan fingerprint density at radius 1 is 1.31 bits per heavy atom. The Hall–Kier alpha value is -1.84. The van der Waals surface area contributed by atoms with Crippen LogP contribution in [-0.4, -0.2) is 23.0 Å². The van der Waals surface area contributed by atoms with E-state index in [1.165, 1.54) is 5.56 Å². The molecule has 1 fully saturated rings. The Morgan fingerprint density at radius 2 is 2.00 bits per heavy atom. The summed E-state index contributed by atoms with van der Waals surface area (Å²) in [6.45, 7) is 0. The molecule has 0 saturated heterocycles. The highest BCUT2D eigenvalue weighted by atomic mass is 16.4. The van der Waals surface area contributed by atoms with Crippen molar-refractivity contribution in [2.45, 2.75) is 24.8 Å². The second-order valence-electron chi connectivity index (χ2n) is 4.00. The zero-order chi connectivity index (χ0) is 11.5. The fourth-order valence-electron chi connectivity index (χ4n) is 1.82. The number of carboxylic acid groups (broad SMARTS) is 1. The smallest absolute Gasteiger partial charge is 0.312 e. The third-order valence-electron chi connectivity index (χ3n) is 2.68. The first-order chi connectivity index (χ1) is 7.66. The second-order valence-corrected chi connectivity index (χ2v) is 4.00. The van der Waals surface area contributed by atoms with Crippen molar-refractivity contribution in [1.29, 1.82) is 0 Å². The van der Waals surface area contributed by atoms with Gasteiger partial charge in [0.1, 0.15) is 6.42 Å². The summed E-state index contributed by atoms with van der Waals surface area (Å²) >= 11 is 0. The first kappa shape index (κ1) is 10.7. The second kappa shape index (κ2) is 4.35. The number of hydrogen-bond acceptors (Lipinski definition) is 2. The lowest BCUT2D eigenvalue weighted by Crippen LogP contribution is -2.28. The van der Waals surface area contributed by atoms with Gasteiger partial charge in [0, 0.05) is 12.0 Å². The van der Waals surface area contributed by atoms with Crippen LogP contribution in [0.2, 0.25) is 0 Å². The molecule has 0 spiro atoms. The predicted octanol–water partition coefficient (Wildman–Crippen LogP) is 1.13. The van der Waals surface area contributed by atoms with E-state index in [0.717, 1.165) is 6.42 Å². The molecule has 2 unspecified atom stereocenters. The van der Waals surface area contributed by atoms with Gasteiger partial charge in [-0.1, -0.05) is 30.3 Å². The normalized spacial score (nSPS) is 22.5. The van der Waals surface area contributed by atoms with E-state index in [1.54, 1.807) is 0 Å². The zero-order valence-electron chi connectivity index (χ0n) is 8.72. The van der Waals surface area contributed by atoms with E-state index in [0.29, 0.717) is 5.92 Å². The van der Waals surface area contributed by atoms with E-state index in [1.807, 2.05) is 30.3 Å². The third kappa shape index (κ3) is 2.59. The minimum Gasteiger partial charge on any atom is -0.481 e. The van der Waals surface area contributed by atoms with Gasteiger partial charge in [0.2, 0.25) is 5.91 Å². The maximum absolute atomic E-state index is 11.2. The van der Waals surface area contributed by atoms with Gasteiger partial charge in [0.15, 0.2) is 0 Å². The molecule has 4 heteroatoms. The molecule has 1 aromatic rings. The molecule has 1 saturated carbocycles. The minimum absolute atomic E-state index is 0.106. The van der Waals surface area contributed by atoms with Crippen LogP contribution in [0.4, 0.5) is 0 Å². The van der Waals surface area contributed by atoms with E-state index < -0.39 is 18.3 Å². The lowest BCUT2D eigenvalue weighted by Gasteiger charge is -2.02. The van der Waals surface area contributed by atoms with Gasteiger partial charge < -0.3 is 10.4 Å². The standard InChI is InChI=1S/C12H13NO3/c14-11(7-12(15)16)13-10-6-9(10)8-4-2-1-3-5-8/h1-5,9-10H,6-7H2,(H,13,14)(H,15,16). The molecule has 0 bridgehead atoms. The molecule has 0 aliphatic heterocycles. The largest absolute Gasteiger partial charge is 0.481 e. The van der Waals surface area contributed by atoms with Crippen LogP contribution >= 0.6 is 0 Å². The molecule has 1 aromatic carbocycles. The van der Waals surface area contributed by atoms with E-state index in [4.69, 9.17) is 5.11 Å². The topological polar surface area (TPSA) is 66.4 Å². The van der Waals surface area contributed by atoms with Gasteiger partial charge >= 0.3 is 5.97 Å². The van der Waals surface area contributed by atoms with Crippen LogP contribution in [0.25, 0.3) is 0 Å². The molecule has 4 nitrogen and oxygen atoms in total. The van der Waals surface area contributed by atoms with Crippen LogP contribution in [0.1, 0.15) is 24.3 Å². The highest BCUT2D eigenvalue weighted by Crippen LogP contribution is 2.40. The van der Waals surface area contributed by atoms with Gasteiger partial charge in [0.25, 0.3) is 0 Å². The van der Waals surface area contributed by atoms with Crippen LogP contribution in [0, 0.1) is 0 Å². The summed E-state index contributed by atoms with van der Waals surface area (Å²) in [6.07, 6.45) is 0.452. The third-order valence-corrected chi connectivity index (χ3v) is 2.68. The molecular weight excluding hydrogens is 206 g/mol. The number of carboxylic acids is 1. The average molecular weight is 219 g/mol. The molecule has 2 rings (SSSR count). The summed E-state index contributed by atoms with van der Waals surface area (Å²) in [6, 6.07) is 10.0. The minimum atomic E-state index is -1.09. The van der Waals surface area contributed by atoms with Gasteiger partial charge in [-0.15, -0.1) is 0 Å². The highest BCUT2D eigenvalue weighted by molar-refractivity contribution is 5.93. The Labute approximate surface area is 93.3 Å². The Bertz CT molecular complexity index is 402. The molecule has 0 heterocycles. The quantitative estimate of drug-likeness (QED) is 0.746. The van der Waals surface area contributed by atoms with Crippen molar-refractivity contribution in [3.8, 4) is 0 Å². The number of amides is 1. The van der Waals surface area contributed by atoms with Gasteiger partial charge in [0.05, 0.1) is 0 Å². The van der Waals surface area contributed by atoms with E-state index >= 15 is 0 Å². The van der Waals surface area contributed by atoms with E-state index in [-0.39, 0.29) is 6.04 Å². The lowest BCUT2D eigenvalue weighted by atomic mass is 10.1. The van der Waals surface area contributed by atoms with Gasteiger partial charge in [-0.05, 0) is 12.0 Å². The molecule has 84 valence electrons. The predicted molar refractivity (Wildman–Crippen MR) is 58.0 cm³/mol. The first-order valence-electron chi connectivity index (χ1n) is 5.23. The number of carbonyl (C=O) groups excluding carboxylic acids is 1. The van der Waals surface area contributed by atoms with Crippen molar-refractivity contribution < 1.29 is 14.7 Å². The van der Waals surface area contributed by atoms with Crippen LogP contribution in [0.3, 0.4) is 0 Å². The molecule has 1 amide bonds. The first-order valence-corrected chi connectivity index (χ1v) is 5.23. The van der Waals surface area contributed by atoms with Crippen molar-refractivity contribution >= 4 is 11.9 Å². The van der Waals surface area contributed by atoms with Gasteiger partial charge in [-0.3, -0.25) is 9.59 Å². The van der Waals surface area contributed by atoms with Crippen molar-refractivity contribution in [3.05, 3.63) is 35.9 Å². The highest BCUT2D eigenvalue weighted by Gasteiger charge is 2.39. The van der Waals surface area contributed by atoms with E-state index in [9.17, 15) is 9.59 Å². The molecule has 2 N–H and O–H groups in total. The van der Waals surface area contributed by atoms with Gasteiger partial charge in [-0.25, -0.2) is 0 Å². The fourth-order valence-corrected chi connectivity index (χ4v) is 1.82. The van der Waals surface area contributed by atoms with Gasteiger partial charge in [-0.2, -0.15) is 0 Å². The fraction of sp³-hybridized carbons (Fsp3) is 0.333. The van der Waals surface area contributed by atoms with E-state index in [2.05, 4.69) is 5.32 Å². The van der Waals surface area contributed by atoms with Crippen LogP contribution in [0.15, 0.2) is 30.3 Å². The number of carbonyl (C=O) groups is 2. The average Bonchev–Trinajstić information content (AvgIpc) is 2.97. The molecular formula is C12H13NO3. The molecule has 1 aliphatic carbocycles. The summed E-state index contributed by atoms with van der Waals surface area (Å²) in [5.74, 6) is -1.15. The zero-order valence-corrected chi connectivity index (χ0v) is 8.72. The summed E-state index contributed by atoms with van der Waals surface area (Å²) in [7, 11) is 0. The summed E-state index contributed by atoms with van der Waals surface area (Å²) in [4.78, 5) is 21.5. The molecule has 0 radical (unpaired) electrons. The SMILES string of the molecule is O=C(O)CC(=O)NC1CC1c1ccccc1. The Kier molecular flexibility index (Phi) is 2.90. The number of hydrogen-bond donors (Lipinski definition) is 2. The summed E-state index contributed by atoms with van der Waals surface area (Å²) in [5.41, 5.74) is 1.20. The van der Waals surface area contributed by atoms with Crippen molar-refractivity contribution in [3.63, 3.8) is 0 Å². The Balaban J connectivity index is 1.84. The molecule has 16 heavy (non-hydrogen) atoms. The van der Waals surface area contributed by atoms with Crippen molar-refractivity contribution in [2.24, 2.45) is 0 Å². The van der Waals surface area contributed by atoms with Crippen LogP contribution in [0.5, 0.6) is 0 Å². The maximum atomic E-state index is 11.2. The molecule has 1 aliphatic rings. The van der Waals surface area contributed by atoms with Crippen molar-refractivity contribution in [1.82, 2.24) is 5.32 Å². The monoisotopic (exact) mass is 219 g/mol.